The summed E-state index contributed by atoms with van der Waals surface area (Å²) < 4.78 is 7.25. The predicted octanol–water partition coefficient (Wildman–Crippen LogP) is 3.87. The van der Waals surface area contributed by atoms with Gasteiger partial charge in [0, 0.05) is 28.7 Å². The first kappa shape index (κ1) is 17.5. The molecule has 5 nitrogen and oxygen atoms in total. The third-order valence-electron chi connectivity index (χ3n) is 4.08. The number of aryl methyl sites for hydroxylation is 2. The van der Waals surface area contributed by atoms with Gasteiger partial charge in [0.05, 0.1) is 13.3 Å². The topological polar surface area (TPSA) is 55.6 Å². The van der Waals surface area contributed by atoms with Crippen LogP contribution in [0.3, 0.4) is 0 Å². The highest BCUT2D eigenvalue weighted by Gasteiger charge is 2.05. The Morgan fingerprint density at radius 3 is 2.42 bits per heavy atom. The summed E-state index contributed by atoms with van der Waals surface area (Å²) in [6, 6.07) is 17.2. The molecule has 1 aromatic heterocycles. The molecular weight excluding hydrogens is 326 g/mol. The van der Waals surface area contributed by atoms with E-state index < -0.39 is 0 Å². The molecule has 1 amide bonds. The highest BCUT2D eigenvalue weighted by molar-refractivity contribution is 5.94. The first-order valence-electron chi connectivity index (χ1n) is 8.30. The first-order chi connectivity index (χ1) is 12.6. The number of aromatic nitrogens is 1. The van der Waals surface area contributed by atoms with Gasteiger partial charge < -0.3 is 9.30 Å². The van der Waals surface area contributed by atoms with Crippen LogP contribution < -0.4 is 10.2 Å². The summed E-state index contributed by atoms with van der Waals surface area (Å²) >= 11 is 0. The van der Waals surface area contributed by atoms with Crippen LogP contribution in [0, 0.1) is 13.8 Å². The van der Waals surface area contributed by atoms with E-state index in [4.69, 9.17) is 4.74 Å². The molecule has 0 saturated heterocycles. The number of benzene rings is 2. The molecule has 0 fully saturated rings. The van der Waals surface area contributed by atoms with Crippen LogP contribution in [0.1, 0.15) is 27.2 Å². The quantitative estimate of drug-likeness (QED) is 0.563. The zero-order valence-corrected chi connectivity index (χ0v) is 15.1. The van der Waals surface area contributed by atoms with Crippen LogP contribution in [-0.4, -0.2) is 23.8 Å². The van der Waals surface area contributed by atoms with E-state index in [0.717, 1.165) is 28.3 Å². The molecule has 1 N–H and O–H groups in total. The molecular formula is C21H21N3O2. The van der Waals surface area contributed by atoms with E-state index in [-0.39, 0.29) is 5.91 Å². The van der Waals surface area contributed by atoms with E-state index >= 15 is 0 Å². The molecule has 5 heteroatoms. The van der Waals surface area contributed by atoms with Crippen molar-refractivity contribution in [2.24, 2.45) is 5.10 Å². The van der Waals surface area contributed by atoms with Crippen LogP contribution >= 0.6 is 0 Å². The number of amides is 1. The number of carbonyl (C=O) groups excluding carboxylic acids is 1. The number of hydrazone groups is 1. The maximum Gasteiger partial charge on any atom is 0.271 e. The van der Waals surface area contributed by atoms with Gasteiger partial charge in [-0.3, -0.25) is 4.79 Å². The molecule has 1 heterocycles. The van der Waals surface area contributed by atoms with Gasteiger partial charge in [0.1, 0.15) is 5.75 Å². The van der Waals surface area contributed by atoms with E-state index in [0.29, 0.717) is 5.56 Å². The van der Waals surface area contributed by atoms with E-state index in [2.05, 4.69) is 15.1 Å². The second-order valence-electron chi connectivity index (χ2n) is 6.05. The third-order valence-corrected chi connectivity index (χ3v) is 4.08. The smallest absolute Gasteiger partial charge is 0.271 e. The van der Waals surface area contributed by atoms with Crippen molar-refractivity contribution in [1.29, 1.82) is 0 Å². The largest absolute Gasteiger partial charge is 0.497 e. The van der Waals surface area contributed by atoms with Crippen molar-refractivity contribution in [1.82, 2.24) is 9.99 Å². The Bertz CT molecular complexity index is 923. The van der Waals surface area contributed by atoms with Crippen LogP contribution in [0.25, 0.3) is 5.69 Å². The lowest BCUT2D eigenvalue weighted by Gasteiger charge is -2.06. The second kappa shape index (κ2) is 7.70. The predicted molar refractivity (Wildman–Crippen MR) is 103 cm³/mol. The average molecular weight is 347 g/mol. The number of methoxy groups -OCH3 is 1. The van der Waals surface area contributed by atoms with E-state index in [9.17, 15) is 4.79 Å². The molecule has 0 unspecified atom stereocenters. The number of carbonyl (C=O) groups is 1. The monoisotopic (exact) mass is 347 g/mol. The molecule has 0 radical (unpaired) electrons. The summed E-state index contributed by atoms with van der Waals surface area (Å²) in [5.74, 6) is 0.590. The van der Waals surface area contributed by atoms with Crippen molar-refractivity contribution in [2.75, 3.05) is 7.11 Å². The summed E-state index contributed by atoms with van der Waals surface area (Å²) in [6.45, 7) is 4.00. The highest BCUT2D eigenvalue weighted by Crippen LogP contribution is 2.18. The Kier molecular flexibility index (Phi) is 5.17. The van der Waals surface area contributed by atoms with Crippen molar-refractivity contribution >= 4 is 12.1 Å². The fourth-order valence-corrected chi connectivity index (χ4v) is 2.63. The lowest BCUT2D eigenvalue weighted by Crippen LogP contribution is -2.17. The molecule has 132 valence electrons. The average Bonchev–Trinajstić information content (AvgIpc) is 3.03. The summed E-state index contributed by atoms with van der Waals surface area (Å²) in [6.07, 6.45) is 3.61. The van der Waals surface area contributed by atoms with E-state index in [1.165, 1.54) is 0 Å². The van der Waals surface area contributed by atoms with Crippen LogP contribution in [0.5, 0.6) is 5.75 Å². The zero-order chi connectivity index (χ0) is 18.5. The SMILES string of the molecule is COc1ccc(-n2cc(/C=N\NC(=O)c3ccc(C)cc3)cc2C)cc1. The van der Waals surface area contributed by atoms with Crippen LogP contribution in [0.15, 0.2) is 65.9 Å². The number of nitrogens with one attached hydrogen (secondary N) is 1. The van der Waals surface area contributed by atoms with Gasteiger partial charge >= 0.3 is 0 Å². The Balaban J connectivity index is 1.69. The fourth-order valence-electron chi connectivity index (χ4n) is 2.63. The maximum atomic E-state index is 12.1. The highest BCUT2D eigenvalue weighted by atomic mass is 16.5. The molecule has 2 aromatic carbocycles. The van der Waals surface area contributed by atoms with Crippen molar-refractivity contribution < 1.29 is 9.53 Å². The molecule has 0 bridgehead atoms. The van der Waals surface area contributed by atoms with Crippen LogP contribution in [0.4, 0.5) is 0 Å². The van der Waals surface area contributed by atoms with Crippen molar-refractivity contribution in [2.45, 2.75) is 13.8 Å². The van der Waals surface area contributed by atoms with E-state index in [1.807, 2.05) is 62.5 Å². The minimum atomic E-state index is -0.229. The van der Waals surface area contributed by atoms with Gasteiger partial charge in [-0.15, -0.1) is 0 Å². The number of hydrogen-bond acceptors (Lipinski definition) is 3. The molecule has 0 aliphatic rings. The van der Waals surface area contributed by atoms with Crippen LogP contribution in [-0.2, 0) is 0 Å². The Morgan fingerprint density at radius 2 is 1.77 bits per heavy atom. The second-order valence-corrected chi connectivity index (χ2v) is 6.05. The summed E-state index contributed by atoms with van der Waals surface area (Å²) in [5.41, 5.74) is 7.26. The van der Waals surface area contributed by atoms with Gasteiger partial charge in [-0.1, -0.05) is 17.7 Å². The number of rotatable bonds is 5. The maximum absolute atomic E-state index is 12.1. The molecule has 0 spiro atoms. The first-order valence-corrected chi connectivity index (χ1v) is 8.30. The molecule has 0 saturated carbocycles. The molecule has 0 atom stereocenters. The normalized spacial score (nSPS) is 10.9. The van der Waals surface area contributed by atoms with Crippen molar-refractivity contribution in [3.05, 3.63) is 83.2 Å². The van der Waals surface area contributed by atoms with Crippen molar-refractivity contribution in [3.8, 4) is 11.4 Å². The number of nitrogens with zero attached hydrogens (tertiary/aromatic N) is 2. The summed E-state index contributed by atoms with van der Waals surface area (Å²) in [7, 11) is 1.65. The zero-order valence-electron chi connectivity index (χ0n) is 15.1. The summed E-state index contributed by atoms with van der Waals surface area (Å²) in [4.78, 5) is 12.1. The van der Waals surface area contributed by atoms with Crippen molar-refractivity contribution in [3.63, 3.8) is 0 Å². The Morgan fingerprint density at radius 1 is 1.08 bits per heavy atom. The molecule has 0 aliphatic carbocycles. The molecule has 3 rings (SSSR count). The molecule has 0 aliphatic heterocycles. The van der Waals surface area contributed by atoms with Gasteiger partial charge in [-0.05, 0) is 56.3 Å². The van der Waals surface area contributed by atoms with Gasteiger partial charge in [-0.25, -0.2) is 5.43 Å². The number of hydrogen-bond donors (Lipinski definition) is 1. The minimum Gasteiger partial charge on any atom is -0.497 e. The van der Waals surface area contributed by atoms with Gasteiger partial charge in [0.2, 0.25) is 0 Å². The fraction of sp³-hybridized carbons (Fsp3) is 0.143. The van der Waals surface area contributed by atoms with Gasteiger partial charge in [0.25, 0.3) is 5.91 Å². The lowest BCUT2D eigenvalue weighted by molar-refractivity contribution is 0.0955. The Labute approximate surface area is 152 Å². The lowest BCUT2D eigenvalue weighted by atomic mass is 10.1. The van der Waals surface area contributed by atoms with Crippen LogP contribution in [0.2, 0.25) is 0 Å². The standard InChI is InChI=1S/C21H21N3O2/c1-15-4-6-18(7-5-15)21(25)23-22-13-17-12-16(2)24(14-17)19-8-10-20(26-3)11-9-19/h4-14H,1-3H3,(H,23,25)/b22-13-. The van der Waals surface area contributed by atoms with E-state index in [1.54, 1.807) is 25.5 Å². The Hall–Kier alpha value is -3.34. The molecule has 26 heavy (non-hydrogen) atoms. The van der Waals surface area contributed by atoms with Gasteiger partial charge in [-0.2, -0.15) is 5.10 Å². The minimum absolute atomic E-state index is 0.229. The van der Waals surface area contributed by atoms with Gasteiger partial charge in [0.15, 0.2) is 0 Å². The number of ether oxygens (including phenoxy) is 1. The summed E-state index contributed by atoms with van der Waals surface area (Å²) in [5, 5.41) is 4.06. The molecule has 3 aromatic rings. The third kappa shape index (κ3) is 4.00.